The molecule has 2 heterocycles. The van der Waals surface area contributed by atoms with Gasteiger partial charge < -0.3 is 9.73 Å². The number of fused-ring (bicyclic) bond motifs is 1. The Hall–Kier alpha value is -2.20. The lowest BCUT2D eigenvalue weighted by Gasteiger charge is -2.06. The first-order valence-electron chi connectivity index (χ1n) is 5.52. The molecular formula is C14H10N2OS. The summed E-state index contributed by atoms with van der Waals surface area (Å²) in [6.07, 6.45) is 3.39. The van der Waals surface area contributed by atoms with Crippen LogP contribution in [0.25, 0.3) is 10.9 Å². The molecule has 0 saturated heterocycles. The average Bonchev–Trinajstić information content (AvgIpc) is 2.92. The molecule has 0 aliphatic carbocycles. The van der Waals surface area contributed by atoms with Crippen molar-refractivity contribution >= 4 is 33.8 Å². The van der Waals surface area contributed by atoms with E-state index in [2.05, 4.69) is 10.3 Å². The zero-order valence-electron chi connectivity index (χ0n) is 9.46. The Bertz CT molecular complexity index is 692. The second-order valence-corrected chi connectivity index (χ2v) is 4.25. The highest BCUT2D eigenvalue weighted by molar-refractivity contribution is 7.81. The van der Waals surface area contributed by atoms with Crippen molar-refractivity contribution in [1.29, 1.82) is 0 Å². The van der Waals surface area contributed by atoms with Gasteiger partial charge in [0.25, 0.3) is 0 Å². The van der Waals surface area contributed by atoms with E-state index in [0.717, 1.165) is 16.6 Å². The zero-order valence-corrected chi connectivity index (χ0v) is 10.3. The molecule has 0 radical (unpaired) electrons. The molecule has 0 bridgehead atoms. The van der Waals surface area contributed by atoms with Gasteiger partial charge in [-0.1, -0.05) is 18.3 Å². The number of rotatable bonds is 2. The van der Waals surface area contributed by atoms with Crippen molar-refractivity contribution in [2.75, 3.05) is 5.32 Å². The Kier molecular flexibility index (Phi) is 2.78. The molecule has 18 heavy (non-hydrogen) atoms. The van der Waals surface area contributed by atoms with Gasteiger partial charge in [-0.25, -0.2) is 0 Å². The molecule has 3 nitrogen and oxygen atoms in total. The lowest BCUT2D eigenvalue weighted by Crippen LogP contribution is -2.09. The first-order chi connectivity index (χ1) is 8.83. The summed E-state index contributed by atoms with van der Waals surface area (Å²) in [6, 6.07) is 13.5. The van der Waals surface area contributed by atoms with E-state index in [0.29, 0.717) is 10.7 Å². The Labute approximate surface area is 109 Å². The number of furan rings is 1. The third-order valence-electron chi connectivity index (χ3n) is 2.61. The molecule has 0 amide bonds. The number of thiocarbonyl (C=S) groups is 1. The van der Waals surface area contributed by atoms with Gasteiger partial charge in [-0.3, -0.25) is 4.98 Å². The van der Waals surface area contributed by atoms with Gasteiger partial charge in [0.15, 0.2) is 5.76 Å². The van der Waals surface area contributed by atoms with Crippen LogP contribution in [0.4, 0.5) is 5.69 Å². The van der Waals surface area contributed by atoms with Crippen LogP contribution in [0.2, 0.25) is 0 Å². The number of aromatic nitrogens is 1. The van der Waals surface area contributed by atoms with E-state index in [4.69, 9.17) is 16.6 Å². The summed E-state index contributed by atoms with van der Waals surface area (Å²) in [5, 5.41) is 4.22. The number of hydrogen-bond donors (Lipinski definition) is 1. The number of pyridine rings is 1. The lowest BCUT2D eigenvalue weighted by molar-refractivity contribution is 0.559. The van der Waals surface area contributed by atoms with Crippen LogP contribution in [0.1, 0.15) is 5.76 Å². The number of anilines is 1. The van der Waals surface area contributed by atoms with Crippen molar-refractivity contribution in [2.45, 2.75) is 0 Å². The Morgan fingerprint density at radius 1 is 1.17 bits per heavy atom. The molecule has 2 aromatic heterocycles. The average molecular weight is 254 g/mol. The fourth-order valence-electron chi connectivity index (χ4n) is 1.75. The van der Waals surface area contributed by atoms with Gasteiger partial charge in [0.2, 0.25) is 0 Å². The molecule has 0 unspecified atom stereocenters. The molecule has 0 aliphatic heterocycles. The summed E-state index contributed by atoms with van der Waals surface area (Å²) in [6.45, 7) is 0. The minimum absolute atomic E-state index is 0.572. The summed E-state index contributed by atoms with van der Waals surface area (Å²) < 4.78 is 5.24. The van der Waals surface area contributed by atoms with E-state index in [9.17, 15) is 0 Å². The largest absolute Gasteiger partial charge is 0.462 e. The highest BCUT2D eigenvalue weighted by Gasteiger charge is 2.04. The molecule has 0 saturated carbocycles. The van der Waals surface area contributed by atoms with E-state index in [1.807, 2.05) is 42.5 Å². The van der Waals surface area contributed by atoms with Gasteiger partial charge in [0.1, 0.15) is 4.99 Å². The molecule has 1 N–H and O–H groups in total. The predicted octanol–water partition coefficient (Wildman–Crippen LogP) is 3.62. The monoisotopic (exact) mass is 254 g/mol. The van der Waals surface area contributed by atoms with E-state index in [1.54, 1.807) is 12.5 Å². The number of hydrogen-bond acceptors (Lipinski definition) is 3. The minimum Gasteiger partial charge on any atom is -0.462 e. The van der Waals surface area contributed by atoms with E-state index in [-0.39, 0.29) is 0 Å². The van der Waals surface area contributed by atoms with E-state index in [1.165, 1.54) is 0 Å². The molecule has 0 atom stereocenters. The summed E-state index contributed by atoms with van der Waals surface area (Å²) in [5.74, 6) is 0.663. The molecular weight excluding hydrogens is 244 g/mol. The van der Waals surface area contributed by atoms with Gasteiger partial charge in [0, 0.05) is 17.3 Å². The molecule has 3 aromatic rings. The highest BCUT2D eigenvalue weighted by atomic mass is 32.1. The van der Waals surface area contributed by atoms with Crippen molar-refractivity contribution in [2.24, 2.45) is 0 Å². The van der Waals surface area contributed by atoms with E-state index >= 15 is 0 Å². The summed E-state index contributed by atoms with van der Waals surface area (Å²) in [5.41, 5.74) is 1.89. The predicted molar refractivity (Wildman–Crippen MR) is 75.8 cm³/mol. The van der Waals surface area contributed by atoms with Crippen LogP contribution < -0.4 is 5.32 Å². The van der Waals surface area contributed by atoms with Gasteiger partial charge in [-0.15, -0.1) is 0 Å². The Morgan fingerprint density at radius 3 is 2.94 bits per heavy atom. The second kappa shape index (κ2) is 4.58. The van der Waals surface area contributed by atoms with Crippen LogP contribution in [-0.2, 0) is 0 Å². The quantitative estimate of drug-likeness (QED) is 0.709. The maximum absolute atomic E-state index is 5.26. The van der Waals surface area contributed by atoms with Gasteiger partial charge >= 0.3 is 0 Å². The highest BCUT2D eigenvalue weighted by Crippen LogP contribution is 2.18. The van der Waals surface area contributed by atoms with Crippen LogP contribution in [0.3, 0.4) is 0 Å². The first kappa shape index (κ1) is 10.9. The normalized spacial score (nSPS) is 10.4. The van der Waals surface area contributed by atoms with Gasteiger partial charge in [-0.2, -0.15) is 0 Å². The molecule has 88 valence electrons. The van der Waals surface area contributed by atoms with Gasteiger partial charge in [-0.05, 0) is 36.4 Å². The first-order valence-corrected chi connectivity index (χ1v) is 5.93. The Morgan fingerprint density at radius 2 is 2.11 bits per heavy atom. The number of nitrogens with one attached hydrogen (secondary N) is 1. The fraction of sp³-hybridized carbons (Fsp3) is 0. The zero-order chi connectivity index (χ0) is 12.4. The van der Waals surface area contributed by atoms with Crippen molar-refractivity contribution in [3.8, 4) is 0 Å². The third kappa shape index (κ3) is 2.10. The maximum Gasteiger partial charge on any atom is 0.161 e. The summed E-state index contributed by atoms with van der Waals surface area (Å²) in [7, 11) is 0. The molecule has 0 spiro atoms. The van der Waals surface area contributed by atoms with Crippen LogP contribution in [0.5, 0.6) is 0 Å². The minimum atomic E-state index is 0.572. The van der Waals surface area contributed by atoms with Crippen molar-refractivity contribution < 1.29 is 4.42 Å². The third-order valence-corrected chi connectivity index (χ3v) is 2.91. The molecule has 0 aliphatic rings. The summed E-state index contributed by atoms with van der Waals surface area (Å²) >= 11 is 5.26. The van der Waals surface area contributed by atoms with Crippen LogP contribution in [0, 0.1) is 0 Å². The van der Waals surface area contributed by atoms with Crippen molar-refractivity contribution in [3.05, 3.63) is 60.7 Å². The molecule has 1 aromatic carbocycles. The molecule has 3 rings (SSSR count). The van der Waals surface area contributed by atoms with Crippen LogP contribution in [-0.4, -0.2) is 9.97 Å². The smallest absolute Gasteiger partial charge is 0.161 e. The lowest BCUT2D eigenvalue weighted by atomic mass is 10.2. The van der Waals surface area contributed by atoms with Crippen molar-refractivity contribution in [1.82, 2.24) is 4.98 Å². The molecule has 4 heteroatoms. The SMILES string of the molecule is S=C(Nc1ccc2ncccc2c1)c1ccco1. The number of nitrogens with zero attached hydrogens (tertiary/aromatic N) is 1. The topological polar surface area (TPSA) is 38.1 Å². The summed E-state index contributed by atoms with van der Waals surface area (Å²) in [4.78, 5) is 4.84. The van der Waals surface area contributed by atoms with Gasteiger partial charge in [0.05, 0.1) is 11.8 Å². The second-order valence-electron chi connectivity index (χ2n) is 3.84. The number of benzene rings is 1. The standard InChI is InChI=1S/C14H10N2OS/c18-14(13-4-2-8-17-13)16-11-5-6-12-10(9-11)3-1-7-15-12/h1-9H,(H,16,18). The van der Waals surface area contributed by atoms with Crippen LogP contribution >= 0.6 is 12.2 Å². The fourth-order valence-corrected chi connectivity index (χ4v) is 1.99. The van der Waals surface area contributed by atoms with Crippen LogP contribution in [0.15, 0.2) is 59.3 Å². The van der Waals surface area contributed by atoms with Crippen molar-refractivity contribution in [3.63, 3.8) is 0 Å². The maximum atomic E-state index is 5.26. The molecule has 0 fully saturated rings. The van der Waals surface area contributed by atoms with E-state index < -0.39 is 0 Å². The Balaban J connectivity index is 1.89.